The third kappa shape index (κ3) is 5.33. The number of nitrogens with zero attached hydrogens (tertiary/aromatic N) is 4. The zero-order chi connectivity index (χ0) is 21.8. The quantitative estimate of drug-likeness (QED) is 0.257. The summed E-state index contributed by atoms with van der Waals surface area (Å²) in [4.78, 5) is 23.4. The van der Waals surface area contributed by atoms with E-state index in [-0.39, 0.29) is 28.7 Å². The fourth-order valence-electron chi connectivity index (χ4n) is 2.53. The Morgan fingerprint density at radius 1 is 1.45 bits per heavy atom. The van der Waals surface area contributed by atoms with Crippen LogP contribution >= 0.6 is 23.1 Å². The smallest absolute Gasteiger partial charge is 0.271 e. The Labute approximate surface area is 175 Å². The Balaban J connectivity index is 2.51. The van der Waals surface area contributed by atoms with Gasteiger partial charge in [-0.15, -0.1) is 10.2 Å². The summed E-state index contributed by atoms with van der Waals surface area (Å²) < 4.78 is 31.8. The lowest BCUT2D eigenvalue weighted by Crippen LogP contribution is -2.47. The normalized spacial score (nSPS) is 12.3. The van der Waals surface area contributed by atoms with Gasteiger partial charge in [0.25, 0.3) is 5.69 Å². The van der Waals surface area contributed by atoms with Crippen LogP contribution in [0.1, 0.15) is 13.3 Å². The summed E-state index contributed by atoms with van der Waals surface area (Å²) in [5.74, 6) is -0.567. The lowest BCUT2D eigenvalue weighted by molar-refractivity contribution is -0.384. The van der Waals surface area contributed by atoms with Crippen molar-refractivity contribution in [3.05, 3.63) is 28.3 Å². The molecule has 1 amide bonds. The number of carbonyl (C=O) groups excluding carboxylic acids is 1. The molecular weight excluding hydrogens is 442 g/mol. The van der Waals surface area contributed by atoms with Crippen molar-refractivity contribution in [2.75, 3.05) is 29.2 Å². The highest BCUT2D eigenvalue weighted by Crippen LogP contribution is 2.36. The van der Waals surface area contributed by atoms with Crippen molar-refractivity contribution in [1.29, 1.82) is 0 Å². The molecule has 1 unspecified atom stereocenters. The van der Waals surface area contributed by atoms with Crippen molar-refractivity contribution >= 4 is 55.5 Å². The molecule has 1 N–H and O–H groups in total. The monoisotopic (exact) mass is 461 g/mol. The van der Waals surface area contributed by atoms with Crippen LogP contribution in [0.4, 0.5) is 16.5 Å². The minimum Gasteiger partial charge on any atom is -0.495 e. The molecule has 1 aromatic heterocycles. The summed E-state index contributed by atoms with van der Waals surface area (Å²) in [6.45, 7) is 1.62. The second kappa shape index (κ2) is 9.37. The van der Waals surface area contributed by atoms with Gasteiger partial charge in [-0.1, -0.05) is 30.0 Å². The van der Waals surface area contributed by atoms with Crippen LogP contribution in [0.5, 0.6) is 5.75 Å². The second-order valence-corrected chi connectivity index (χ2v) is 9.55. The molecule has 11 nitrogen and oxygen atoms in total. The summed E-state index contributed by atoms with van der Waals surface area (Å²) in [5.41, 5.74) is -0.438. The zero-order valence-corrected chi connectivity index (χ0v) is 18.4. The SMILES string of the molecule is CCC(C(=O)Nc1nnc(SC)s1)N(c1cc([N+](=O)[O-])ccc1OC)S(C)(=O)=O. The first kappa shape index (κ1) is 22.8. The molecule has 0 bridgehead atoms. The first-order chi connectivity index (χ1) is 13.6. The largest absolute Gasteiger partial charge is 0.495 e. The van der Waals surface area contributed by atoms with Gasteiger partial charge in [0.05, 0.1) is 18.3 Å². The molecule has 29 heavy (non-hydrogen) atoms. The summed E-state index contributed by atoms with van der Waals surface area (Å²) in [5, 5.41) is 21.7. The molecule has 2 aromatic rings. The topological polar surface area (TPSA) is 145 Å². The Hall–Kier alpha value is -2.45. The average molecular weight is 462 g/mol. The van der Waals surface area contributed by atoms with E-state index in [0.717, 1.165) is 28.0 Å². The molecular formula is C15H19N5O6S3. The number of aromatic nitrogens is 2. The van der Waals surface area contributed by atoms with Gasteiger partial charge in [0.1, 0.15) is 17.5 Å². The number of methoxy groups -OCH3 is 1. The van der Waals surface area contributed by atoms with Crippen LogP contribution in [-0.4, -0.2) is 55.1 Å². The Bertz CT molecular complexity index is 1010. The van der Waals surface area contributed by atoms with Gasteiger partial charge in [0.15, 0.2) is 4.34 Å². The number of benzene rings is 1. The highest BCUT2D eigenvalue weighted by Gasteiger charge is 2.34. The minimum absolute atomic E-state index is 0.0767. The van der Waals surface area contributed by atoms with E-state index < -0.39 is 26.9 Å². The van der Waals surface area contributed by atoms with E-state index in [1.165, 1.54) is 31.0 Å². The maximum absolute atomic E-state index is 12.9. The van der Waals surface area contributed by atoms with Gasteiger partial charge < -0.3 is 4.74 Å². The fraction of sp³-hybridized carbons (Fsp3) is 0.400. The molecule has 1 aromatic carbocycles. The van der Waals surface area contributed by atoms with Gasteiger partial charge in [-0.2, -0.15) is 0 Å². The standard InChI is InChI=1S/C15H19N5O6S3/c1-5-10(13(21)16-14-17-18-15(27-3)28-14)19(29(4,24)25)11-8-9(20(22)23)6-7-12(11)26-2/h6-8,10H,5H2,1-4H3,(H,16,17,21). The zero-order valence-electron chi connectivity index (χ0n) is 16.0. The van der Waals surface area contributed by atoms with Crippen LogP contribution in [0, 0.1) is 10.1 Å². The van der Waals surface area contributed by atoms with E-state index in [1.54, 1.807) is 13.2 Å². The molecule has 0 radical (unpaired) electrons. The summed E-state index contributed by atoms with van der Waals surface area (Å²) in [6.07, 6.45) is 2.82. The predicted octanol–water partition coefficient (Wildman–Crippen LogP) is 2.36. The Kier molecular flexibility index (Phi) is 7.37. The minimum atomic E-state index is -4.01. The number of rotatable bonds is 9. The fourth-order valence-corrected chi connectivity index (χ4v) is 4.91. The maximum atomic E-state index is 12.9. The Morgan fingerprint density at radius 3 is 2.62 bits per heavy atom. The third-order valence-electron chi connectivity index (χ3n) is 3.75. The molecule has 0 spiro atoms. The van der Waals surface area contributed by atoms with Crippen molar-refractivity contribution in [2.45, 2.75) is 23.7 Å². The van der Waals surface area contributed by atoms with Crippen LogP contribution in [0.2, 0.25) is 0 Å². The predicted molar refractivity (Wildman–Crippen MR) is 111 cm³/mol. The molecule has 2 rings (SSSR count). The lowest BCUT2D eigenvalue weighted by atomic mass is 10.1. The van der Waals surface area contributed by atoms with Crippen molar-refractivity contribution < 1.29 is 22.9 Å². The molecule has 0 fully saturated rings. The molecule has 0 saturated heterocycles. The Morgan fingerprint density at radius 2 is 2.14 bits per heavy atom. The van der Waals surface area contributed by atoms with Crippen LogP contribution in [0.15, 0.2) is 22.5 Å². The molecule has 1 heterocycles. The number of carbonyl (C=O) groups is 1. The van der Waals surface area contributed by atoms with E-state index in [4.69, 9.17) is 4.74 Å². The summed E-state index contributed by atoms with van der Waals surface area (Å²) in [7, 11) is -2.71. The van der Waals surface area contributed by atoms with E-state index >= 15 is 0 Å². The first-order valence-electron chi connectivity index (χ1n) is 8.12. The molecule has 0 aliphatic heterocycles. The second-order valence-electron chi connectivity index (χ2n) is 5.66. The van der Waals surface area contributed by atoms with Gasteiger partial charge >= 0.3 is 0 Å². The summed E-state index contributed by atoms with van der Waals surface area (Å²) >= 11 is 2.50. The molecule has 1 atom stereocenters. The summed E-state index contributed by atoms with van der Waals surface area (Å²) in [6, 6.07) is 2.34. The number of ether oxygens (including phenoxy) is 1. The van der Waals surface area contributed by atoms with E-state index in [2.05, 4.69) is 15.5 Å². The molecule has 0 aliphatic rings. The van der Waals surface area contributed by atoms with Gasteiger partial charge in [-0.25, -0.2) is 8.42 Å². The molecule has 0 saturated carbocycles. The number of nitro groups is 1. The van der Waals surface area contributed by atoms with Crippen molar-refractivity contribution in [2.24, 2.45) is 0 Å². The number of hydrogen-bond acceptors (Lipinski definition) is 10. The molecule has 158 valence electrons. The van der Waals surface area contributed by atoms with E-state index in [9.17, 15) is 23.3 Å². The van der Waals surface area contributed by atoms with Gasteiger partial charge in [-0.3, -0.25) is 24.5 Å². The van der Waals surface area contributed by atoms with Gasteiger partial charge in [0.2, 0.25) is 21.1 Å². The first-order valence-corrected chi connectivity index (χ1v) is 12.0. The number of non-ortho nitro benzene ring substituents is 1. The average Bonchev–Trinajstić information content (AvgIpc) is 3.11. The number of amides is 1. The van der Waals surface area contributed by atoms with Crippen LogP contribution in [0.25, 0.3) is 0 Å². The lowest BCUT2D eigenvalue weighted by Gasteiger charge is -2.30. The van der Waals surface area contributed by atoms with Crippen LogP contribution < -0.4 is 14.4 Å². The van der Waals surface area contributed by atoms with Crippen LogP contribution in [-0.2, 0) is 14.8 Å². The van der Waals surface area contributed by atoms with Crippen molar-refractivity contribution in [3.8, 4) is 5.75 Å². The van der Waals surface area contributed by atoms with E-state index in [0.29, 0.717) is 4.34 Å². The van der Waals surface area contributed by atoms with Gasteiger partial charge in [-0.05, 0) is 18.7 Å². The number of nitrogens with one attached hydrogen (secondary N) is 1. The van der Waals surface area contributed by atoms with Crippen LogP contribution in [0.3, 0.4) is 0 Å². The molecule has 14 heteroatoms. The van der Waals surface area contributed by atoms with E-state index in [1.807, 2.05) is 0 Å². The van der Waals surface area contributed by atoms with Gasteiger partial charge in [0, 0.05) is 12.1 Å². The van der Waals surface area contributed by atoms with Crippen molar-refractivity contribution in [1.82, 2.24) is 10.2 Å². The maximum Gasteiger partial charge on any atom is 0.271 e. The number of sulfonamides is 1. The molecule has 0 aliphatic carbocycles. The highest BCUT2D eigenvalue weighted by molar-refractivity contribution is 8.00. The number of hydrogen-bond donors (Lipinski definition) is 1. The number of nitro benzene ring substituents is 1. The number of anilines is 2. The highest BCUT2D eigenvalue weighted by atomic mass is 32.2. The van der Waals surface area contributed by atoms with Crippen molar-refractivity contribution in [3.63, 3.8) is 0 Å². The third-order valence-corrected chi connectivity index (χ3v) is 6.73. The number of thioether (sulfide) groups is 1.